The summed E-state index contributed by atoms with van der Waals surface area (Å²) in [4.78, 5) is 36.1. The molecule has 0 saturated heterocycles. The number of carbonyl (C=O) groups excluding carboxylic acids is 1. The first-order chi connectivity index (χ1) is 17.2. The number of benzene rings is 2. The second-order valence-electron chi connectivity index (χ2n) is 9.71. The molecule has 1 N–H and O–H groups in total. The minimum absolute atomic E-state index is 0.101. The lowest BCUT2D eigenvalue weighted by molar-refractivity contribution is -0.113. The van der Waals surface area contributed by atoms with E-state index >= 15 is 0 Å². The zero-order chi connectivity index (χ0) is 25.4. The highest BCUT2D eigenvalue weighted by Gasteiger charge is 2.28. The molecule has 0 spiro atoms. The van der Waals surface area contributed by atoms with Gasteiger partial charge < -0.3 is 10.1 Å². The number of carbonyl (C=O) groups is 1. The number of aryl methyl sites for hydroxylation is 2. The van der Waals surface area contributed by atoms with Gasteiger partial charge in [-0.3, -0.25) is 14.2 Å². The lowest BCUT2D eigenvalue weighted by Gasteiger charge is -2.31. The molecule has 0 aliphatic carbocycles. The average molecular weight is 501 g/mol. The number of anilines is 1. The number of fused-ring (bicyclic) bond motifs is 2. The molecule has 36 heavy (non-hydrogen) atoms. The van der Waals surface area contributed by atoms with Crippen LogP contribution in [-0.2, 0) is 22.6 Å². The molecule has 3 heterocycles. The van der Waals surface area contributed by atoms with Crippen molar-refractivity contribution in [1.82, 2.24) is 14.5 Å². The Balaban J connectivity index is 1.55. The summed E-state index contributed by atoms with van der Waals surface area (Å²) in [5, 5.41) is 3.81. The first-order valence-corrected chi connectivity index (χ1v) is 12.8. The Bertz CT molecular complexity index is 1530. The van der Waals surface area contributed by atoms with Crippen molar-refractivity contribution >= 4 is 34.4 Å². The van der Waals surface area contributed by atoms with Crippen LogP contribution < -0.4 is 10.9 Å². The highest BCUT2D eigenvalue weighted by atomic mass is 32.2. The maximum absolute atomic E-state index is 13.8. The van der Waals surface area contributed by atoms with Gasteiger partial charge in [-0.1, -0.05) is 47.7 Å². The van der Waals surface area contributed by atoms with E-state index in [2.05, 4.69) is 5.32 Å². The van der Waals surface area contributed by atoms with Crippen molar-refractivity contribution in [2.24, 2.45) is 0 Å². The largest absolute Gasteiger partial charge is 0.370 e. The number of pyridine rings is 1. The molecule has 2 aromatic heterocycles. The van der Waals surface area contributed by atoms with Crippen LogP contribution in [0.5, 0.6) is 0 Å². The van der Waals surface area contributed by atoms with Gasteiger partial charge in [0.1, 0.15) is 0 Å². The van der Waals surface area contributed by atoms with E-state index in [-0.39, 0.29) is 22.8 Å². The summed E-state index contributed by atoms with van der Waals surface area (Å²) >= 11 is 1.22. The highest BCUT2D eigenvalue weighted by molar-refractivity contribution is 7.99. The van der Waals surface area contributed by atoms with E-state index in [1.54, 1.807) is 4.57 Å². The van der Waals surface area contributed by atoms with Gasteiger partial charge in [-0.15, -0.1) is 0 Å². The van der Waals surface area contributed by atoms with Crippen LogP contribution in [0.1, 0.15) is 36.2 Å². The lowest BCUT2D eigenvalue weighted by Crippen LogP contribution is -2.33. The summed E-state index contributed by atoms with van der Waals surface area (Å²) in [6.07, 6.45) is 0.641. The van der Waals surface area contributed by atoms with Gasteiger partial charge in [0.05, 0.1) is 34.7 Å². The third-order valence-corrected chi connectivity index (χ3v) is 7.19. The Kier molecular flexibility index (Phi) is 6.40. The molecule has 0 bridgehead atoms. The van der Waals surface area contributed by atoms with E-state index < -0.39 is 0 Å². The molecule has 0 saturated carbocycles. The maximum Gasteiger partial charge on any atom is 0.268 e. The number of para-hydroxylation sites is 1. The van der Waals surface area contributed by atoms with Crippen molar-refractivity contribution in [3.05, 3.63) is 87.3 Å². The van der Waals surface area contributed by atoms with Gasteiger partial charge in [0.15, 0.2) is 10.8 Å². The van der Waals surface area contributed by atoms with Gasteiger partial charge in [0.25, 0.3) is 5.56 Å². The summed E-state index contributed by atoms with van der Waals surface area (Å²) < 4.78 is 7.50. The molecule has 7 nitrogen and oxygen atoms in total. The Hall–Kier alpha value is -3.49. The Morgan fingerprint density at radius 1 is 1.11 bits per heavy atom. The molecule has 0 unspecified atom stereocenters. The Morgan fingerprint density at radius 2 is 1.86 bits per heavy atom. The van der Waals surface area contributed by atoms with Crippen LogP contribution in [-0.4, -0.2) is 31.8 Å². The van der Waals surface area contributed by atoms with E-state index in [4.69, 9.17) is 14.7 Å². The standard InChI is InChI=1S/C28H28N4O3S/c1-17-9-11-20(12-10-17)32-26(34)21-13-19-15-35-28(3,4)14-23(19)30-25(21)31-27(32)36-16-24(33)29-22-8-6-5-7-18(22)2/h5-13H,14-16H2,1-4H3,(H,29,33). The molecular formula is C28H28N4O3S. The van der Waals surface area contributed by atoms with Crippen molar-refractivity contribution in [3.8, 4) is 5.69 Å². The van der Waals surface area contributed by atoms with Gasteiger partial charge in [0, 0.05) is 17.7 Å². The monoisotopic (exact) mass is 500 g/mol. The number of hydrogen-bond acceptors (Lipinski definition) is 6. The maximum atomic E-state index is 13.8. The Morgan fingerprint density at radius 3 is 2.61 bits per heavy atom. The molecular weight excluding hydrogens is 472 g/mol. The first kappa shape index (κ1) is 24.2. The normalized spacial score (nSPS) is 14.4. The van der Waals surface area contributed by atoms with Gasteiger partial charge >= 0.3 is 0 Å². The predicted octanol–water partition coefficient (Wildman–Crippen LogP) is 4.98. The van der Waals surface area contributed by atoms with Gasteiger partial charge in [-0.2, -0.15) is 0 Å². The SMILES string of the molecule is Cc1ccc(-n2c(SCC(=O)Nc3ccccc3C)nc3nc4c(cc3c2=O)COC(C)(C)C4)cc1. The molecule has 184 valence electrons. The van der Waals surface area contributed by atoms with Crippen LogP contribution in [0.15, 0.2) is 64.5 Å². The third kappa shape index (κ3) is 4.92. The van der Waals surface area contributed by atoms with Crippen molar-refractivity contribution in [2.75, 3.05) is 11.1 Å². The molecule has 8 heteroatoms. The number of ether oxygens (including phenoxy) is 1. The summed E-state index contributed by atoms with van der Waals surface area (Å²) in [7, 11) is 0. The summed E-state index contributed by atoms with van der Waals surface area (Å²) in [5.74, 6) is -0.0689. The summed E-state index contributed by atoms with van der Waals surface area (Å²) in [5.41, 5.74) is 5.18. The van der Waals surface area contributed by atoms with Crippen LogP contribution in [0.2, 0.25) is 0 Å². The van der Waals surface area contributed by atoms with E-state index in [0.29, 0.717) is 34.9 Å². The molecule has 5 rings (SSSR count). The van der Waals surface area contributed by atoms with Crippen LogP contribution in [0.3, 0.4) is 0 Å². The quantitative estimate of drug-likeness (QED) is 0.307. The number of aromatic nitrogens is 3. The number of thioether (sulfide) groups is 1. The van der Waals surface area contributed by atoms with E-state index in [1.807, 2.05) is 82.3 Å². The number of rotatable bonds is 5. The summed E-state index contributed by atoms with van der Waals surface area (Å²) in [6, 6.07) is 17.2. The lowest BCUT2D eigenvalue weighted by atomic mass is 9.95. The van der Waals surface area contributed by atoms with Crippen molar-refractivity contribution < 1.29 is 9.53 Å². The van der Waals surface area contributed by atoms with Crippen molar-refractivity contribution in [1.29, 1.82) is 0 Å². The second kappa shape index (κ2) is 9.52. The van der Waals surface area contributed by atoms with E-state index in [0.717, 1.165) is 28.1 Å². The van der Waals surface area contributed by atoms with Gasteiger partial charge in [-0.25, -0.2) is 9.97 Å². The minimum Gasteiger partial charge on any atom is -0.370 e. The molecule has 0 fully saturated rings. The zero-order valence-electron chi connectivity index (χ0n) is 20.8. The molecule has 2 aromatic carbocycles. The van der Waals surface area contributed by atoms with Crippen LogP contribution in [0.4, 0.5) is 5.69 Å². The molecule has 1 amide bonds. The summed E-state index contributed by atoms with van der Waals surface area (Å²) in [6.45, 7) is 8.40. The highest BCUT2D eigenvalue weighted by Crippen LogP contribution is 2.29. The number of amides is 1. The first-order valence-electron chi connectivity index (χ1n) is 11.8. The molecule has 4 aromatic rings. The third-order valence-electron chi connectivity index (χ3n) is 6.25. The van der Waals surface area contributed by atoms with E-state index in [9.17, 15) is 9.59 Å². The van der Waals surface area contributed by atoms with Gasteiger partial charge in [-0.05, 0) is 57.5 Å². The van der Waals surface area contributed by atoms with Crippen LogP contribution in [0.25, 0.3) is 16.7 Å². The number of hydrogen-bond donors (Lipinski definition) is 1. The number of nitrogens with zero attached hydrogens (tertiary/aromatic N) is 3. The number of nitrogens with one attached hydrogen (secondary N) is 1. The molecule has 0 radical (unpaired) electrons. The topological polar surface area (TPSA) is 86.1 Å². The molecule has 1 aliphatic heterocycles. The fourth-order valence-electron chi connectivity index (χ4n) is 4.23. The fourth-order valence-corrected chi connectivity index (χ4v) is 5.03. The van der Waals surface area contributed by atoms with Crippen LogP contribution >= 0.6 is 11.8 Å². The minimum atomic E-state index is -0.324. The molecule has 0 atom stereocenters. The average Bonchev–Trinajstić information content (AvgIpc) is 2.83. The zero-order valence-corrected chi connectivity index (χ0v) is 21.6. The Labute approximate surface area is 213 Å². The molecule has 1 aliphatic rings. The second-order valence-corrected chi connectivity index (χ2v) is 10.7. The van der Waals surface area contributed by atoms with E-state index in [1.165, 1.54) is 11.8 Å². The van der Waals surface area contributed by atoms with Crippen molar-refractivity contribution in [3.63, 3.8) is 0 Å². The van der Waals surface area contributed by atoms with Crippen molar-refractivity contribution in [2.45, 2.75) is 51.5 Å². The smallest absolute Gasteiger partial charge is 0.268 e. The van der Waals surface area contributed by atoms with Gasteiger partial charge in [0.2, 0.25) is 5.91 Å². The van der Waals surface area contributed by atoms with Crippen LogP contribution in [0, 0.1) is 13.8 Å². The predicted molar refractivity (Wildman–Crippen MR) is 143 cm³/mol. The fraction of sp³-hybridized carbons (Fsp3) is 0.286.